The molecule has 0 aliphatic carbocycles. The molecular weight excluding hydrogens is 454 g/mol. The first-order chi connectivity index (χ1) is 17.4. The van der Waals surface area contributed by atoms with Crippen molar-refractivity contribution >= 4 is 5.97 Å². The molecule has 6 heteroatoms. The van der Waals surface area contributed by atoms with Crippen molar-refractivity contribution in [3.63, 3.8) is 0 Å². The molecule has 0 saturated heterocycles. The first-order valence-corrected chi connectivity index (χ1v) is 12.1. The second-order valence-electron chi connectivity index (χ2n) is 8.26. The molecule has 1 aromatic heterocycles. The van der Waals surface area contributed by atoms with E-state index in [0.29, 0.717) is 30.4 Å². The average Bonchev–Trinajstić information content (AvgIpc) is 3.27. The Balaban J connectivity index is 0.00000176. The number of aliphatic carboxylic acids is 1. The standard InChI is InChI=1S/C28H27NO5.C2H6/c1-20-25(29-26(33-20)22-9-5-3-6-10-22)17-18-32-23-15-13-21(14-16-23)19-28(2,27(30)31)34-24-11-7-4-8-12-24;1-2/h3-16H,17-19H2,1-2H3,(H,30,31);1-2H3/t28-;/m0./s1. The normalized spacial score (nSPS) is 12.1. The Morgan fingerprint density at radius 3 is 2.14 bits per heavy atom. The first kappa shape index (κ1) is 26.5. The van der Waals surface area contributed by atoms with Gasteiger partial charge in [0.2, 0.25) is 11.5 Å². The highest BCUT2D eigenvalue weighted by Crippen LogP contribution is 2.25. The lowest BCUT2D eigenvalue weighted by atomic mass is 9.96. The van der Waals surface area contributed by atoms with Gasteiger partial charge in [-0.15, -0.1) is 0 Å². The third-order valence-electron chi connectivity index (χ3n) is 5.52. The van der Waals surface area contributed by atoms with E-state index in [9.17, 15) is 9.90 Å². The SMILES string of the molecule is CC.Cc1oc(-c2ccccc2)nc1CCOc1ccc(C[C@](C)(Oc2ccccc2)C(=O)O)cc1. The third kappa shape index (κ3) is 6.98. The molecule has 1 heterocycles. The Kier molecular flexibility index (Phi) is 9.28. The smallest absolute Gasteiger partial charge is 0.348 e. The maximum atomic E-state index is 11.9. The van der Waals surface area contributed by atoms with E-state index in [2.05, 4.69) is 4.98 Å². The van der Waals surface area contributed by atoms with Crippen molar-refractivity contribution < 1.29 is 23.8 Å². The summed E-state index contributed by atoms with van der Waals surface area (Å²) in [6.45, 7) is 7.93. The minimum atomic E-state index is -1.38. The van der Waals surface area contributed by atoms with Gasteiger partial charge in [-0.25, -0.2) is 9.78 Å². The maximum Gasteiger partial charge on any atom is 0.348 e. The van der Waals surface area contributed by atoms with Crippen LogP contribution in [0.3, 0.4) is 0 Å². The molecule has 188 valence electrons. The fourth-order valence-electron chi connectivity index (χ4n) is 3.63. The predicted molar refractivity (Wildman–Crippen MR) is 140 cm³/mol. The summed E-state index contributed by atoms with van der Waals surface area (Å²) in [6, 6.07) is 26.2. The van der Waals surface area contributed by atoms with Crippen molar-refractivity contribution in [3.05, 3.63) is 102 Å². The van der Waals surface area contributed by atoms with Crippen LogP contribution in [0.15, 0.2) is 89.3 Å². The molecule has 1 N–H and O–H groups in total. The van der Waals surface area contributed by atoms with Gasteiger partial charge < -0.3 is 19.0 Å². The Morgan fingerprint density at radius 1 is 0.917 bits per heavy atom. The highest BCUT2D eigenvalue weighted by atomic mass is 16.5. The average molecular weight is 488 g/mol. The van der Waals surface area contributed by atoms with Gasteiger partial charge in [-0.1, -0.05) is 62.4 Å². The highest BCUT2D eigenvalue weighted by molar-refractivity contribution is 5.78. The first-order valence-electron chi connectivity index (χ1n) is 12.1. The van der Waals surface area contributed by atoms with E-state index >= 15 is 0 Å². The van der Waals surface area contributed by atoms with Crippen LogP contribution in [0.4, 0.5) is 0 Å². The molecular formula is C30H33NO5. The van der Waals surface area contributed by atoms with E-state index in [1.807, 2.05) is 93.6 Å². The number of hydrogen-bond donors (Lipinski definition) is 1. The predicted octanol–water partition coefficient (Wildman–Crippen LogP) is 6.76. The lowest BCUT2D eigenvalue weighted by molar-refractivity contribution is -0.153. The zero-order valence-electron chi connectivity index (χ0n) is 21.2. The van der Waals surface area contributed by atoms with Crippen LogP contribution < -0.4 is 9.47 Å². The molecule has 4 aromatic rings. The molecule has 36 heavy (non-hydrogen) atoms. The highest BCUT2D eigenvalue weighted by Gasteiger charge is 2.36. The van der Waals surface area contributed by atoms with E-state index in [1.54, 1.807) is 19.1 Å². The van der Waals surface area contributed by atoms with Crippen LogP contribution in [-0.4, -0.2) is 28.3 Å². The summed E-state index contributed by atoms with van der Waals surface area (Å²) in [5.74, 6) is 1.59. The van der Waals surface area contributed by atoms with Crippen LogP contribution >= 0.6 is 0 Å². The molecule has 0 radical (unpaired) electrons. The van der Waals surface area contributed by atoms with Crippen LogP contribution in [0.5, 0.6) is 11.5 Å². The monoisotopic (exact) mass is 487 g/mol. The molecule has 0 unspecified atom stereocenters. The van der Waals surface area contributed by atoms with Crippen molar-refractivity contribution in [2.45, 2.75) is 46.1 Å². The molecule has 0 aliphatic heterocycles. The van der Waals surface area contributed by atoms with Gasteiger partial charge in [-0.05, 0) is 55.8 Å². The van der Waals surface area contributed by atoms with E-state index in [1.165, 1.54) is 0 Å². The van der Waals surface area contributed by atoms with E-state index in [0.717, 1.165) is 22.6 Å². The fourth-order valence-corrected chi connectivity index (χ4v) is 3.63. The van der Waals surface area contributed by atoms with Crippen LogP contribution in [-0.2, 0) is 17.6 Å². The minimum absolute atomic E-state index is 0.220. The molecule has 4 rings (SSSR count). The van der Waals surface area contributed by atoms with Crippen molar-refractivity contribution in [3.8, 4) is 23.0 Å². The Bertz CT molecular complexity index is 1220. The second-order valence-corrected chi connectivity index (χ2v) is 8.26. The van der Waals surface area contributed by atoms with E-state index < -0.39 is 11.6 Å². The summed E-state index contributed by atoms with van der Waals surface area (Å²) >= 11 is 0. The third-order valence-corrected chi connectivity index (χ3v) is 5.52. The van der Waals surface area contributed by atoms with Crippen molar-refractivity contribution in [2.24, 2.45) is 0 Å². The number of carbonyl (C=O) groups is 1. The molecule has 1 atom stereocenters. The zero-order valence-corrected chi connectivity index (χ0v) is 21.2. The number of nitrogens with zero attached hydrogens (tertiary/aromatic N) is 1. The second kappa shape index (κ2) is 12.6. The summed E-state index contributed by atoms with van der Waals surface area (Å²) in [5.41, 5.74) is 1.27. The summed E-state index contributed by atoms with van der Waals surface area (Å²) in [5, 5.41) is 9.77. The topological polar surface area (TPSA) is 81.8 Å². The maximum absolute atomic E-state index is 11.9. The zero-order chi connectivity index (χ0) is 26.0. The van der Waals surface area contributed by atoms with Gasteiger partial charge >= 0.3 is 5.97 Å². The molecule has 0 bridgehead atoms. The number of hydrogen-bond acceptors (Lipinski definition) is 5. The number of benzene rings is 3. The molecule has 0 amide bonds. The Morgan fingerprint density at radius 2 is 1.53 bits per heavy atom. The van der Waals surface area contributed by atoms with Crippen LogP contribution in [0.2, 0.25) is 0 Å². The summed E-state index contributed by atoms with van der Waals surface area (Å²) in [6.07, 6.45) is 0.837. The lowest BCUT2D eigenvalue weighted by Gasteiger charge is -2.26. The quantitative estimate of drug-likeness (QED) is 0.266. The molecule has 6 nitrogen and oxygen atoms in total. The largest absolute Gasteiger partial charge is 0.493 e. The van der Waals surface area contributed by atoms with Gasteiger partial charge in [-0.3, -0.25) is 0 Å². The van der Waals surface area contributed by atoms with Gasteiger partial charge in [0, 0.05) is 18.4 Å². The summed E-state index contributed by atoms with van der Waals surface area (Å²) < 4.78 is 17.5. The van der Waals surface area contributed by atoms with Gasteiger partial charge in [0.1, 0.15) is 17.3 Å². The Labute approximate surface area is 212 Å². The number of rotatable bonds is 10. The number of aromatic nitrogens is 1. The summed E-state index contributed by atoms with van der Waals surface area (Å²) in [7, 11) is 0. The van der Waals surface area contributed by atoms with E-state index in [4.69, 9.17) is 13.9 Å². The van der Waals surface area contributed by atoms with Crippen LogP contribution in [0.25, 0.3) is 11.5 Å². The van der Waals surface area contributed by atoms with Gasteiger partial charge in [0.25, 0.3) is 0 Å². The van der Waals surface area contributed by atoms with Gasteiger partial charge in [0.15, 0.2) is 0 Å². The molecule has 0 aliphatic rings. The number of ether oxygens (including phenoxy) is 2. The van der Waals surface area contributed by atoms with Gasteiger partial charge in [-0.2, -0.15) is 0 Å². The van der Waals surface area contributed by atoms with Crippen molar-refractivity contribution in [1.29, 1.82) is 0 Å². The Hall–Kier alpha value is -4.06. The number of carboxylic acids is 1. The number of oxazole rings is 1. The molecule has 3 aromatic carbocycles. The van der Waals surface area contributed by atoms with E-state index in [-0.39, 0.29) is 6.42 Å². The van der Waals surface area contributed by atoms with Crippen molar-refractivity contribution in [2.75, 3.05) is 6.61 Å². The van der Waals surface area contributed by atoms with Crippen LogP contribution in [0.1, 0.15) is 37.8 Å². The minimum Gasteiger partial charge on any atom is -0.493 e. The fraction of sp³-hybridized carbons (Fsp3) is 0.267. The number of carboxylic acid groups (broad SMARTS) is 1. The number of para-hydroxylation sites is 1. The lowest BCUT2D eigenvalue weighted by Crippen LogP contribution is -2.43. The van der Waals surface area contributed by atoms with Gasteiger partial charge in [0.05, 0.1) is 12.3 Å². The summed E-state index contributed by atoms with van der Waals surface area (Å²) in [4.78, 5) is 16.5. The van der Waals surface area contributed by atoms with Crippen LogP contribution in [0, 0.1) is 6.92 Å². The molecule has 0 spiro atoms. The molecule has 0 fully saturated rings. The number of aryl methyl sites for hydroxylation is 1. The molecule has 0 saturated carbocycles. The van der Waals surface area contributed by atoms with Crippen molar-refractivity contribution in [1.82, 2.24) is 4.98 Å².